The van der Waals surface area contributed by atoms with Gasteiger partial charge in [-0.1, -0.05) is 12.8 Å². The molecule has 1 aliphatic rings. The van der Waals surface area contributed by atoms with Crippen molar-refractivity contribution in [2.24, 2.45) is 0 Å². The summed E-state index contributed by atoms with van der Waals surface area (Å²) in [6.45, 7) is 3.08. The second-order valence-electron chi connectivity index (χ2n) is 5.74. The van der Waals surface area contributed by atoms with Crippen molar-refractivity contribution in [3.8, 4) is 5.75 Å². The van der Waals surface area contributed by atoms with Gasteiger partial charge in [-0.15, -0.1) is 0 Å². The molecule has 2 unspecified atom stereocenters. The van der Waals surface area contributed by atoms with Crippen LogP contribution in [0.4, 0.5) is 11.4 Å². The maximum Gasteiger partial charge on any atom is 0.296 e. The van der Waals surface area contributed by atoms with Gasteiger partial charge in [0.05, 0.1) is 11.0 Å². The zero-order chi connectivity index (χ0) is 15.2. The summed E-state index contributed by atoms with van der Waals surface area (Å²) < 4.78 is 0. The summed E-state index contributed by atoms with van der Waals surface area (Å²) in [5.41, 5.74) is 0.370. The van der Waals surface area contributed by atoms with Crippen molar-refractivity contribution in [3.05, 3.63) is 28.3 Å². The van der Waals surface area contributed by atoms with E-state index < -0.39 is 4.92 Å². The van der Waals surface area contributed by atoms with E-state index in [9.17, 15) is 15.2 Å². The number of nitrogens with zero attached hydrogens (tertiary/aromatic N) is 1. The van der Waals surface area contributed by atoms with Gasteiger partial charge in [-0.3, -0.25) is 10.1 Å². The normalized spacial score (nSPS) is 20.5. The third kappa shape index (κ3) is 4.60. The predicted octanol–water partition coefficient (Wildman–Crippen LogP) is 3.02. The van der Waals surface area contributed by atoms with E-state index in [-0.39, 0.29) is 17.5 Å². The molecule has 0 amide bonds. The average Bonchev–Trinajstić information content (AvgIpc) is 2.69. The highest BCUT2D eigenvalue weighted by Gasteiger charge is 2.19. The third-order valence-electron chi connectivity index (χ3n) is 3.88. The topological polar surface area (TPSA) is 87.4 Å². The van der Waals surface area contributed by atoms with Crippen molar-refractivity contribution >= 4 is 11.4 Å². The van der Waals surface area contributed by atoms with Gasteiger partial charge in [0.25, 0.3) is 5.69 Å². The average molecular weight is 293 g/mol. The van der Waals surface area contributed by atoms with E-state index in [1.807, 2.05) is 6.92 Å². The van der Waals surface area contributed by atoms with Crippen LogP contribution in [0, 0.1) is 10.1 Å². The molecular weight excluding hydrogens is 270 g/mol. The Morgan fingerprint density at radius 3 is 3.05 bits per heavy atom. The summed E-state index contributed by atoms with van der Waals surface area (Å²) >= 11 is 0. The fourth-order valence-corrected chi connectivity index (χ4v) is 2.85. The first-order valence-electron chi connectivity index (χ1n) is 7.53. The SMILES string of the molecule is CC(CC1CCCCCN1)Nc1ccc(O)cc1[N+](=O)[O-]. The molecule has 0 aliphatic carbocycles. The minimum absolute atomic E-state index is 0.0873. The molecule has 2 rings (SSSR count). The lowest BCUT2D eigenvalue weighted by molar-refractivity contribution is -0.384. The van der Waals surface area contributed by atoms with Gasteiger partial charge in [-0.05, 0) is 44.9 Å². The molecule has 6 nitrogen and oxygen atoms in total. The molecule has 1 aromatic rings. The molecule has 0 bridgehead atoms. The van der Waals surface area contributed by atoms with Gasteiger partial charge in [0.2, 0.25) is 0 Å². The molecule has 21 heavy (non-hydrogen) atoms. The first kappa shape index (κ1) is 15.6. The Kier molecular flexibility index (Phi) is 5.38. The minimum Gasteiger partial charge on any atom is -0.508 e. The van der Waals surface area contributed by atoms with Crippen LogP contribution in [-0.4, -0.2) is 28.7 Å². The molecule has 116 valence electrons. The summed E-state index contributed by atoms with van der Waals surface area (Å²) in [5, 5.41) is 27.1. The van der Waals surface area contributed by atoms with E-state index in [0.717, 1.165) is 19.4 Å². The number of aromatic hydroxyl groups is 1. The van der Waals surface area contributed by atoms with Gasteiger partial charge in [0, 0.05) is 12.1 Å². The number of anilines is 1. The molecule has 0 saturated carbocycles. The van der Waals surface area contributed by atoms with Crippen molar-refractivity contribution in [1.29, 1.82) is 0 Å². The van der Waals surface area contributed by atoms with E-state index in [0.29, 0.717) is 11.7 Å². The van der Waals surface area contributed by atoms with Crippen LogP contribution < -0.4 is 10.6 Å². The van der Waals surface area contributed by atoms with E-state index in [2.05, 4.69) is 10.6 Å². The van der Waals surface area contributed by atoms with Crippen molar-refractivity contribution in [2.75, 3.05) is 11.9 Å². The summed E-state index contributed by atoms with van der Waals surface area (Å²) in [5.74, 6) is -0.0923. The minimum atomic E-state index is -0.474. The Morgan fingerprint density at radius 1 is 1.48 bits per heavy atom. The standard InChI is InChI=1S/C15H23N3O3/c1-11(9-12-5-3-2-4-8-16-12)17-14-7-6-13(19)10-15(14)18(20)21/h6-7,10-12,16-17,19H,2-5,8-9H2,1H3. The highest BCUT2D eigenvalue weighted by molar-refractivity contribution is 5.64. The Labute approximate surface area is 124 Å². The summed E-state index contributed by atoms with van der Waals surface area (Å²) in [6.07, 6.45) is 5.82. The number of hydrogen-bond acceptors (Lipinski definition) is 5. The monoisotopic (exact) mass is 293 g/mol. The number of benzene rings is 1. The van der Waals surface area contributed by atoms with Crippen molar-refractivity contribution in [2.45, 2.75) is 51.1 Å². The number of hydrogen-bond donors (Lipinski definition) is 3. The molecule has 1 saturated heterocycles. The molecule has 0 radical (unpaired) electrons. The van der Waals surface area contributed by atoms with E-state index in [1.54, 1.807) is 6.07 Å². The Bertz CT molecular complexity index is 485. The fourth-order valence-electron chi connectivity index (χ4n) is 2.85. The van der Waals surface area contributed by atoms with Crippen molar-refractivity contribution in [3.63, 3.8) is 0 Å². The molecule has 1 heterocycles. The Hall–Kier alpha value is -1.82. The van der Waals surface area contributed by atoms with Gasteiger partial charge in [-0.25, -0.2) is 0 Å². The van der Waals surface area contributed by atoms with Gasteiger partial charge >= 0.3 is 0 Å². The highest BCUT2D eigenvalue weighted by Crippen LogP contribution is 2.29. The second kappa shape index (κ2) is 7.26. The third-order valence-corrected chi connectivity index (χ3v) is 3.88. The number of nitrogens with one attached hydrogen (secondary N) is 2. The molecular formula is C15H23N3O3. The maximum absolute atomic E-state index is 11.0. The second-order valence-corrected chi connectivity index (χ2v) is 5.74. The molecule has 1 aromatic carbocycles. The van der Waals surface area contributed by atoms with Crippen LogP contribution in [0.15, 0.2) is 18.2 Å². The van der Waals surface area contributed by atoms with E-state index in [1.165, 1.54) is 31.4 Å². The van der Waals surface area contributed by atoms with Crippen molar-refractivity contribution < 1.29 is 10.0 Å². The van der Waals surface area contributed by atoms with Crippen LogP contribution in [0.2, 0.25) is 0 Å². The van der Waals surface area contributed by atoms with Gasteiger partial charge in [0.15, 0.2) is 0 Å². The molecule has 0 aromatic heterocycles. The summed E-state index contributed by atoms with van der Waals surface area (Å²) in [7, 11) is 0. The van der Waals surface area contributed by atoms with Crippen LogP contribution in [-0.2, 0) is 0 Å². The van der Waals surface area contributed by atoms with Gasteiger partial charge in [-0.2, -0.15) is 0 Å². The maximum atomic E-state index is 11.0. The fraction of sp³-hybridized carbons (Fsp3) is 0.600. The quantitative estimate of drug-likeness (QED) is 0.441. The summed E-state index contributed by atoms with van der Waals surface area (Å²) in [4.78, 5) is 10.6. The largest absolute Gasteiger partial charge is 0.508 e. The molecule has 0 spiro atoms. The molecule has 2 atom stereocenters. The van der Waals surface area contributed by atoms with Crippen LogP contribution in [0.1, 0.15) is 39.0 Å². The lowest BCUT2D eigenvalue weighted by atomic mass is 10.0. The lowest BCUT2D eigenvalue weighted by Gasteiger charge is -2.22. The van der Waals surface area contributed by atoms with Crippen LogP contribution >= 0.6 is 0 Å². The summed E-state index contributed by atoms with van der Waals surface area (Å²) in [6, 6.07) is 4.80. The molecule has 1 fully saturated rings. The lowest BCUT2D eigenvalue weighted by Crippen LogP contribution is -2.33. The van der Waals surface area contributed by atoms with E-state index >= 15 is 0 Å². The number of nitro benzene ring substituents is 1. The zero-order valence-corrected chi connectivity index (χ0v) is 12.3. The molecule has 6 heteroatoms. The van der Waals surface area contributed by atoms with Crippen LogP contribution in [0.3, 0.4) is 0 Å². The van der Waals surface area contributed by atoms with Gasteiger partial charge < -0.3 is 15.7 Å². The number of rotatable bonds is 5. The van der Waals surface area contributed by atoms with Crippen molar-refractivity contribution in [1.82, 2.24) is 5.32 Å². The first-order valence-corrected chi connectivity index (χ1v) is 7.53. The number of nitro groups is 1. The number of phenolic OH excluding ortho intramolecular Hbond substituents is 1. The highest BCUT2D eigenvalue weighted by atomic mass is 16.6. The molecule has 3 N–H and O–H groups in total. The number of phenols is 1. The zero-order valence-electron chi connectivity index (χ0n) is 12.3. The van der Waals surface area contributed by atoms with Crippen LogP contribution in [0.5, 0.6) is 5.75 Å². The van der Waals surface area contributed by atoms with Gasteiger partial charge in [0.1, 0.15) is 11.4 Å². The Morgan fingerprint density at radius 2 is 2.29 bits per heavy atom. The smallest absolute Gasteiger partial charge is 0.296 e. The Balaban J connectivity index is 1.98. The van der Waals surface area contributed by atoms with Crippen LogP contribution in [0.25, 0.3) is 0 Å². The molecule has 1 aliphatic heterocycles. The van der Waals surface area contributed by atoms with E-state index in [4.69, 9.17) is 0 Å². The first-order chi connectivity index (χ1) is 10.1. The predicted molar refractivity (Wildman–Crippen MR) is 82.7 cm³/mol.